The van der Waals surface area contributed by atoms with Crippen molar-refractivity contribution in [2.24, 2.45) is 5.92 Å². The van der Waals surface area contributed by atoms with Crippen molar-refractivity contribution in [2.75, 3.05) is 12.4 Å². The molecule has 0 aliphatic rings. The monoisotopic (exact) mass is 250 g/mol. The Hall–Kier alpha value is -1.65. The zero-order valence-electron chi connectivity index (χ0n) is 11.5. The van der Waals surface area contributed by atoms with E-state index in [2.05, 4.69) is 34.4 Å². The molecule has 1 aromatic rings. The van der Waals surface area contributed by atoms with Crippen molar-refractivity contribution in [1.82, 2.24) is 15.3 Å². The van der Waals surface area contributed by atoms with Gasteiger partial charge < -0.3 is 10.6 Å². The van der Waals surface area contributed by atoms with Crippen molar-refractivity contribution in [1.29, 1.82) is 0 Å². The lowest BCUT2D eigenvalue weighted by Gasteiger charge is -2.17. The van der Waals surface area contributed by atoms with Crippen LogP contribution in [0.4, 0.5) is 5.82 Å². The van der Waals surface area contributed by atoms with Gasteiger partial charge in [0.25, 0.3) is 5.91 Å². The minimum atomic E-state index is -0.171. The fraction of sp³-hybridized carbons (Fsp3) is 0.615. The summed E-state index contributed by atoms with van der Waals surface area (Å²) in [7, 11) is 1.75. The summed E-state index contributed by atoms with van der Waals surface area (Å²) in [5, 5.41) is 5.81. The molecule has 100 valence electrons. The Morgan fingerprint density at radius 2 is 2.11 bits per heavy atom. The molecule has 2 N–H and O–H groups in total. The number of nitrogens with zero attached hydrogens (tertiary/aromatic N) is 2. The minimum Gasteiger partial charge on any atom is -0.372 e. The third-order valence-electron chi connectivity index (χ3n) is 2.95. The largest absolute Gasteiger partial charge is 0.372 e. The molecule has 1 amide bonds. The lowest BCUT2D eigenvalue weighted by molar-refractivity contribution is 0.0930. The fourth-order valence-electron chi connectivity index (χ4n) is 1.72. The van der Waals surface area contributed by atoms with Gasteiger partial charge >= 0.3 is 0 Å². The Morgan fingerprint density at radius 3 is 2.72 bits per heavy atom. The molecule has 2 unspecified atom stereocenters. The van der Waals surface area contributed by atoms with Crippen LogP contribution in [0.15, 0.2) is 12.4 Å². The highest BCUT2D eigenvalue weighted by molar-refractivity contribution is 5.92. The summed E-state index contributed by atoms with van der Waals surface area (Å²) >= 11 is 0. The van der Waals surface area contributed by atoms with Gasteiger partial charge in [-0.2, -0.15) is 0 Å². The van der Waals surface area contributed by atoms with Crippen LogP contribution in [-0.2, 0) is 0 Å². The van der Waals surface area contributed by atoms with Gasteiger partial charge in [-0.1, -0.05) is 20.3 Å². The fourth-order valence-corrected chi connectivity index (χ4v) is 1.72. The number of rotatable bonds is 6. The highest BCUT2D eigenvalue weighted by Crippen LogP contribution is 2.10. The second-order valence-electron chi connectivity index (χ2n) is 4.66. The van der Waals surface area contributed by atoms with Crippen molar-refractivity contribution in [3.05, 3.63) is 18.1 Å². The van der Waals surface area contributed by atoms with Crippen LogP contribution in [0, 0.1) is 5.92 Å². The lowest BCUT2D eigenvalue weighted by atomic mass is 10.0. The molecular weight excluding hydrogens is 228 g/mol. The van der Waals surface area contributed by atoms with Gasteiger partial charge in [0.1, 0.15) is 11.5 Å². The molecule has 0 radical (unpaired) electrons. The average molecular weight is 250 g/mol. The molecule has 0 saturated heterocycles. The molecule has 0 spiro atoms. The van der Waals surface area contributed by atoms with Crippen LogP contribution >= 0.6 is 0 Å². The van der Waals surface area contributed by atoms with E-state index in [4.69, 9.17) is 0 Å². The van der Waals surface area contributed by atoms with Crippen molar-refractivity contribution in [2.45, 2.75) is 39.7 Å². The first-order valence-corrected chi connectivity index (χ1v) is 6.37. The van der Waals surface area contributed by atoms with Gasteiger partial charge in [-0.3, -0.25) is 9.78 Å². The predicted octanol–water partition coefficient (Wildman–Crippen LogP) is 2.07. The van der Waals surface area contributed by atoms with Crippen LogP contribution in [0.2, 0.25) is 0 Å². The van der Waals surface area contributed by atoms with Gasteiger partial charge in [0.15, 0.2) is 0 Å². The van der Waals surface area contributed by atoms with Crippen molar-refractivity contribution >= 4 is 11.7 Å². The summed E-state index contributed by atoms with van der Waals surface area (Å²) in [4.78, 5) is 20.1. The molecule has 1 heterocycles. The van der Waals surface area contributed by atoms with E-state index in [1.54, 1.807) is 13.2 Å². The van der Waals surface area contributed by atoms with E-state index < -0.39 is 0 Å². The van der Waals surface area contributed by atoms with Crippen molar-refractivity contribution in [3.63, 3.8) is 0 Å². The second kappa shape index (κ2) is 6.93. The van der Waals surface area contributed by atoms with Gasteiger partial charge in [0.05, 0.1) is 12.4 Å². The maximum absolute atomic E-state index is 12.0. The van der Waals surface area contributed by atoms with Gasteiger partial charge in [-0.15, -0.1) is 0 Å². The van der Waals surface area contributed by atoms with Crippen LogP contribution in [0.3, 0.4) is 0 Å². The van der Waals surface area contributed by atoms with E-state index in [-0.39, 0.29) is 11.9 Å². The van der Waals surface area contributed by atoms with E-state index in [0.717, 1.165) is 12.8 Å². The zero-order chi connectivity index (χ0) is 13.5. The summed E-state index contributed by atoms with van der Waals surface area (Å²) < 4.78 is 0. The molecule has 1 aromatic heterocycles. The highest BCUT2D eigenvalue weighted by Gasteiger charge is 2.13. The van der Waals surface area contributed by atoms with Crippen LogP contribution in [0.1, 0.15) is 44.1 Å². The van der Waals surface area contributed by atoms with Gasteiger partial charge in [-0.25, -0.2) is 4.98 Å². The van der Waals surface area contributed by atoms with Crippen molar-refractivity contribution < 1.29 is 4.79 Å². The molecule has 0 saturated carbocycles. The summed E-state index contributed by atoms with van der Waals surface area (Å²) in [6, 6.07) is 0.146. The second-order valence-corrected chi connectivity index (χ2v) is 4.66. The molecule has 2 atom stereocenters. The smallest absolute Gasteiger partial charge is 0.271 e. The maximum Gasteiger partial charge on any atom is 0.271 e. The molecular formula is C13H22N4O. The number of amides is 1. The maximum atomic E-state index is 12.0. The average Bonchev–Trinajstić information content (AvgIpc) is 2.38. The van der Waals surface area contributed by atoms with E-state index >= 15 is 0 Å². The van der Waals surface area contributed by atoms with Gasteiger partial charge in [0, 0.05) is 13.1 Å². The van der Waals surface area contributed by atoms with Crippen LogP contribution in [0.5, 0.6) is 0 Å². The summed E-state index contributed by atoms with van der Waals surface area (Å²) in [5.74, 6) is 1.03. The SMILES string of the molecule is CCC(C)CC(C)NC(=O)c1cncc(NC)n1. The topological polar surface area (TPSA) is 66.9 Å². The highest BCUT2D eigenvalue weighted by atomic mass is 16.1. The van der Waals surface area contributed by atoms with Crippen molar-refractivity contribution in [3.8, 4) is 0 Å². The third-order valence-corrected chi connectivity index (χ3v) is 2.95. The molecule has 1 rings (SSSR count). The Morgan fingerprint density at radius 1 is 1.39 bits per heavy atom. The first-order valence-electron chi connectivity index (χ1n) is 6.37. The number of carbonyl (C=O) groups excluding carboxylic acids is 1. The first-order chi connectivity index (χ1) is 8.56. The quantitative estimate of drug-likeness (QED) is 0.811. The standard InChI is InChI=1S/C13H22N4O/c1-5-9(2)6-10(3)16-13(18)11-7-15-8-12(14-4)17-11/h7-10H,5-6H2,1-4H3,(H,14,17)(H,16,18). The van der Waals surface area contributed by atoms with E-state index in [9.17, 15) is 4.79 Å². The number of hydrogen-bond donors (Lipinski definition) is 2. The normalized spacial score (nSPS) is 13.8. The number of carbonyl (C=O) groups is 1. The molecule has 0 bridgehead atoms. The van der Waals surface area contributed by atoms with Gasteiger partial charge in [0.2, 0.25) is 0 Å². The van der Waals surface area contributed by atoms with Gasteiger partial charge in [-0.05, 0) is 19.3 Å². The summed E-state index contributed by atoms with van der Waals surface area (Å²) in [5.41, 5.74) is 0.345. The Labute approximate surface area is 108 Å². The summed E-state index contributed by atoms with van der Waals surface area (Å²) in [6.07, 6.45) is 5.15. The van der Waals surface area contributed by atoms with E-state index in [1.807, 2.05) is 6.92 Å². The molecule has 0 aromatic carbocycles. The molecule has 0 aliphatic heterocycles. The molecule has 5 heteroatoms. The third kappa shape index (κ3) is 4.31. The van der Waals surface area contributed by atoms with Crippen LogP contribution in [-0.4, -0.2) is 29.0 Å². The molecule has 0 aliphatic carbocycles. The van der Waals surface area contributed by atoms with Crippen LogP contribution in [0.25, 0.3) is 0 Å². The number of aromatic nitrogens is 2. The zero-order valence-corrected chi connectivity index (χ0v) is 11.5. The molecule has 5 nitrogen and oxygen atoms in total. The Bertz CT molecular complexity index is 394. The predicted molar refractivity (Wildman–Crippen MR) is 72.6 cm³/mol. The summed E-state index contributed by atoms with van der Waals surface area (Å²) in [6.45, 7) is 6.35. The van der Waals surface area contributed by atoms with E-state index in [1.165, 1.54) is 6.20 Å². The molecule has 18 heavy (non-hydrogen) atoms. The Kier molecular flexibility index (Phi) is 5.55. The Balaban J connectivity index is 2.58. The minimum absolute atomic E-state index is 0.146. The lowest BCUT2D eigenvalue weighted by Crippen LogP contribution is -2.34. The first kappa shape index (κ1) is 14.4. The van der Waals surface area contributed by atoms with E-state index in [0.29, 0.717) is 17.4 Å². The van der Waals surface area contributed by atoms with Crippen LogP contribution < -0.4 is 10.6 Å². The molecule has 0 fully saturated rings. The number of anilines is 1. The number of nitrogens with one attached hydrogen (secondary N) is 2. The number of hydrogen-bond acceptors (Lipinski definition) is 4.